The SMILES string of the molecule is CC(C)COC1CC(NCC2CCOC2)C1(C)C. The van der Waals surface area contributed by atoms with E-state index in [1.54, 1.807) is 0 Å². The van der Waals surface area contributed by atoms with E-state index in [2.05, 4.69) is 33.0 Å². The van der Waals surface area contributed by atoms with Gasteiger partial charge < -0.3 is 14.8 Å². The molecule has 0 spiro atoms. The molecule has 2 rings (SSSR count). The van der Waals surface area contributed by atoms with Gasteiger partial charge in [-0.15, -0.1) is 0 Å². The summed E-state index contributed by atoms with van der Waals surface area (Å²) in [6.45, 7) is 12.9. The van der Waals surface area contributed by atoms with Gasteiger partial charge in [0.2, 0.25) is 0 Å². The fraction of sp³-hybridized carbons (Fsp3) is 1.00. The van der Waals surface area contributed by atoms with Crippen molar-refractivity contribution >= 4 is 0 Å². The van der Waals surface area contributed by atoms with Crippen LogP contribution in [0.5, 0.6) is 0 Å². The van der Waals surface area contributed by atoms with Crippen LogP contribution in [0.1, 0.15) is 40.5 Å². The smallest absolute Gasteiger partial charge is 0.0656 e. The van der Waals surface area contributed by atoms with E-state index >= 15 is 0 Å². The molecule has 0 aromatic heterocycles. The molecule has 1 aliphatic carbocycles. The first-order valence-electron chi connectivity index (χ1n) is 7.43. The van der Waals surface area contributed by atoms with Crippen molar-refractivity contribution in [1.29, 1.82) is 0 Å². The van der Waals surface area contributed by atoms with Crippen LogP contribution >= 0.6 is 0 Å². The van der Waals surface area contributed by atoms with E-state index in [4.69, 9.17) is 9.47 Å². The molecule has 2 fully saturated rings. The molecule has 106 valence electrons. The minimum Gasteiger partial charge on any atom is -0.381 e. The average Bonchev–Trinajstić information content (AvgIpc) is 2.79. The number of hydrogen-bond acceptors (Lipinski definition) is 3. The maximum absolute atomic E-state index is 5.99. The second-order valence-corrected chi connectivity index (χ2v) is 6.96. The van der Waals surface area contributed by atoms with Crippen LogP contribution in [0.15, 0.2) is 0 Å². The van der Waals surface area contributed by atoms with E-state index in [0.717, 1.165) is 38.7 Å². The first-order valence-corrected chi connectivity index (χ1v) is 7.43. The van der Waals surface area contributed by atoms with E-state index < -0.39 is 0 Å². The standard InChI is InChI=1S/C15H29NO2/c1-11(2)9-18-14-7-13(15(14,3)4)16-8-12-5-6-17-10-12/h11-14,16H,5-10H2,1-4H3. The Balaban J connectivity index is 1.69. The molecule has 1 saturated heterocycles. The molecular weight excluding hydrogens is 226 g/mol. The van der Waals surface area contributed by atoms with Crippen molar-refractivity contribution in [3.63, 3.8) is 0 Å². The zero-order chi connectivity index (χ0) is 13.2. The highest BCUT2D eigenvalue weighted by Crippen LogP contribution is 2.43. The number of nitrogens with one attached hydrogen (secondary N) is 1. The highest BCUT2D eigenvalue weighted by molar-refractivity contribution is 5.03. The second kappa shape index (κ2) is 5.89. The minimum absolute atomic E-state index is 0.272. The summed E-state index contributed by atoms with van der Waals surface area (Å²) in [6, 6.07) is 0.607. The number of hydrogen-bond donors (Lipinski definition) is 1. The average molecular weight is 255 g/mol. The van der Waals surface area contributed by atoms with Gasteiger partial charge in [0.1, 0.15) is 0 Å². The Bertz CT molecular complexity index is 259. The van der Waals surface area contributed by atoms with Crippen LogP contribution in [-0.4, -0.2) is 38.5 Å². The Labute approximate surface area is 112 Å². The van der Waals surface area contributed by atoms with Gasteiger partial charge >= 0.3 is 0 Å². The Morgan fingerprint density at radius 1 is 1.39 bits per heavy atom. The van der Waals surface area contributed by atoms with Gasteiger partial charge in [0.15, 0.2) is 0 Å². The van der Waals surface area contributed by atoms with Gasteiger partial charge in [-0.2, -0.15) is 0 Å². The molecule has 0 bridgehead atoms. The summed E-state index contributed by atoms with van der Waals surface area (Å²) in [5.41, 5.74) is 0.272. The summed E-state index contributed by atoms with van der Waals surface area (Å²) in [4.78, 5) is 0. The second-order valence-electron chi connectivity index (χ2n) is 6.96. The normalized spacial score (nSPS) is 34.8. The lowest BCUT2D eigenvalue weighted by Gasteiger charge is -2.52. The fourth-order valence-electron chi connectivity index (χ4n) is 2.88. The van der Waals surface area contributed by atoms with Gasteiger partial charge in [-0.1, -0.05) is 27.7 Å². The first kappa shape index (κ1) is 14.3. The quantitative estimate of drug-likeness (QED) is 0.791. The van der Waals surface area contributed by atoms with Crippen LogP contribution in [-0.2, 0) is 9.47 Å². The lowest BCUT2D eigenvalue weighted by Crippen LogP contribution is -2.61. The topological polar surface area (TPSA) is 30.5 Å². The van der Waals surface area contributed by atoms with Gasteiger partial charge in [-0.05, 0) is 24.7 Å². The monoisotopic (exact) mass is 255 g/mol. The van der Waals surface area contributed by atoms with Crippen molar-refractivity contribution < 1.29 is 9.47 Å². The fourth-order valence-corrected chi connectivity index (χ4v) is 2.88. The Hall–Kier alpha value is -0.120. The highest BCUT2D eigenvalue weighted by Gasteiger charge is 2.48. The Morgan fingerprint density at radius 3 is 2.72 bits per heavy atom. The summed E-state index contributed by atoms with van der Waals surface area (Å²) in [5.74, 6) is 1.35. The summed E-state index contributed by atoms with van der Waals surface area (Å²) in [5, 5.41) is 3.71. The van der Waals surface area contributed by atoms with Crippen molar-refractivity contribution in [2.45, 2.75) is 52.7 Å². The molecule has 0 aromatic rings. The summed E-state index contributed by atoms with van der Waals surface area (Å²) >= 11 is 0. The molecule has 1 N–H and O–H groups in total. The van der Waals surface area contributed by atoms with E-state index in [1.807, 2.05) is 0 Å². The van der Waals surface area contributed by atoms with E-state index in [9.17, 15) is 0 Å². The molecule has 0 amide bonds. The van der Waals surface area contributed by atoms with Gasteiger partial charge in [0, 0.05) is 31.2 Å². The van der Waals surface area contributed by atoms with E-state index in [1.165, 1.54) is 6.42 Å². The third-order valence-electron chi connectivity index (χ3n) is 4.49. The van der Waals surface area contributed by atoms with Crippen molar-refractivity contribution in [1.82, 2.24) is 5.32 Å². The summed E-state index contributed by atoms with van der Waals surface area (Å²) in [7, 11) is 0. The van der Waals surface area contributed by atoms with Gasteiger partial charge in [0.05, 0.1) is 12.7 Å². The molecule has 2 aliphatic rings. The lowest BCUT2D eigenvalue weighted by molar-refractivity contribution is -0.124. The van der Waals surface area contributed by atoms with Crippen LogP contribution in [0.4, 0.5) is 0 Å². The number of ether oxygens (including phenoxy) is 2. The predicted octanol–water partition coefficient (Wildman–Crippen LogP) is 2.45. The van der Waals surface area contributed by atoms with Crippen molar-refractivity contribution in [3.8, 4) is 0 Å². The third kappa shape index (κ3) is 3.25. The largest absolute Gasteiger partial charge is 0.381 e. The van der Waals surface area contributed by atoms with Gasteiger partial charge in [0.25, 0.3) is 0 Å². The molecule has 1 saturated carbocycles. The van der Waals surface area contributed by atoms with Gasteiger partial charge in [-0.25, -0.2) is 0 Å². The van der Waals surface area contributed by atoms with E-state index in [0.29, 0.717) is 18.1 Å². The summed E-state index contributed by atoms with van der Waals surface area (Å²) < 4.78 is 11.4. The minimum atomic E-state index is 0.272. The molecule has 1 aliphatic heterocycles. The van der Waals surface area contributed by atoms with Crippen molar-refractivity contribution in [2.75, 3.05) is 26.4 Å². The molecule has 3 unspecified atom stereocenters. The zero-order valence-electron chi connectivity index (χ0n) is 12.4. The third-order valence-corrected chi connectivity index (χ3v) is 4.49. The molecular formula is C15H29NO2. The lowest BCUT2D eigenvalue weighted by atomic mass is 9.64. The van der Waals surface area contributed by atoms with Crippen LogP contribution < -0.4 is 5.32 Å². The molecule has 0 radical (unpaired) electrons. The molecule has 18 heavy (non-hydrogen) atoms. The molecule has 3 nitrogen and oxygen atoms in total. The Kier molecular flexibility index (Phi) is 4.68. The molecule has 1 heterocycles. The van der Waals surface area contributed by atoms with Crippen LogP contribution in [0.3, 0.4) is 0 Å². The maximum Gasteiger partial charge on any atom is 0.0656 e. The van der Waals surface area contributed by atoms with Gasteiger partial charge in [-0.3, -0.25) is 0 Å². The first-order chi connectivity index (χ1) is 8.50. The highest BCUT2D eigenvalue weighted by atomic mass is 16.5. The number of rotatable bonds is 6. The van der Waals surface area contributed by atoms with Crippen LogP contribution in [0.25, 0.3) is 0 Å². The Morgan fingerprint density at radius 2 is 2.17 bits per heavy atom. The predicted molar refractivity (Wildman–Crippen MR) is 73.7 cm³/mol. The zero-order valence-corrected chi connectivity index (χ0v) is 12.4. The van der Waals surface area contributed by atoms with Crippen LogP contribution in [0.2, 0.25) is 0 Å². The van der Waals surface area contributed by atoms with E-state index in [-0.39, 0.29) is 5.41 Å². The maximum atomic E-state index is 5.99. The van der Waals surface area contributed by atoms with Crippen molar-refractivity contribution in [3.05, 3.63) is 0 Å². The molecule has 3 atom stereocenters. The molecule has 3 heteroatoms. The molecule has 0 aromatic carbocycles. The van der Waals surface area contributed by atoms with Crippen LogP contribution in [0, 0.1) is 17.3 Å². The summed E-state index contributed by atoms with van der Waals surface area (Å²) in [6.07, 6.45) is 2.80. The van der Waals surface area contributed by atoms with Crippen molar-refractivity contribution in [2.24, 2.45) is 17.3 Å².